The van der Waals surface area contributed by atoms with Gasteiger partial charge in [-0.25, -0.2) is 0 Å². The third kappa shape index (κ3) is 3.00. The Morgan fingerprint density at radius 3 is 2.89 bits per heavy atom. The third-order valence-corrected chi connectivity index (χ3v) is 3.10. The van der Waals surface area contributed by atoms with Gasteiger partial charge in [0.05, 0.1) is 23.4 Å². The quantitative estimate of drug-likeness (QED) is 0.888. The Labute approximate surface area is 111 Å². The van der Waals surface area contributed by atoms with Gasteiger partial charge < -0.3 is 10.4 Å². The van der Waals surface area contributed by atoms with Crippen molar-refractivity contribution in [3.8, 4) is 0 Å². The van der Waals surface area contributed by atoms with E-state index in [0.717, 1.165) is 16.8 Å². The van der Waals surface area contributed by atoms with Gasteiger partial charge in [0.25, 0.3) is 0 Å². The van der Waals surface area contributed by atoms with Gasteiger partial charge in [0, 0.05) is 12.4 Å². The number of aliphatic hydroxyl groups excluding tert-OH is 1. The molecule has 2 N–H and O–H groups in total. The summed E-state index contributed by atoms with van der Waals surface area (Å²) < 4.78 is 0. The molecule has 0 aliphatic heterocycles. The first-order valence-corrected chi connectivity index (χ1v) is 6.14. The normalized spacial score (nSPS) is 12.2. The molecule has 18 heavy (non-hydrogen) atoms. The molecule has 1 aromatic heterocycles. The van der Waals surface area contributed by atoms with E-state index in [1.54, 1.807) is 12.3 Å². The molecule has 1 unspecified atom stereocenters. The van der Waals surface area contributed by atoms with Gasteiger partial charge in [-0.1, -0.05) is 23.7 Å². The van der Waals surface area contributed by atoms with E-state index in [9.17, 15) is 0 Å². The lowest BCUT2D eigenvalue weighted by atomic mass is 10.1. The van der Waals surface area contributed by atoms with Crippen LogP contribution in [-0.4, -0.2) is 10.1 Å². The number of pyridine rings is 1. The summed E-state index contributed by atoms with van der Waals surface area (Å²) >= 11 is 6.12. The third-order valence-electron chi connectivity index (χ3n) is 2.77. The fourth-order valence-corrected chi connectivity index (χ4v) is 1.90. The van der Waals surface area contributed by atoms with E-state index in [0.29, 0.717) is 5.02 Å². The lowest BCUT2D eigenvalue weighted by molar-refractivity contribution is 0.282. The lowest BCUT2D eigenvalue weighted by Crippen LogP contribution is -2.07. The highest BCUT2D eigenvalue weighted by Crippen LogP contribution is 2.27. The lowest BCUT2D eigenvalue weighted by Gasteiger charge is -2.17. The van der Waals surface area contributed by atoms with Crippen LogP contribution in [0.1, 0.15) is 24.1 Å². The molecule has 0 saturated carbocycles. The van der Waals surface area contributed by atoms with Crippen LogP contribution in [0.25, 0.3) is 0 Å². The molecule has 0 bridgehead atoms. The van der Waals surface area contributed by atoms with Crippen molar-refractivity contribution in [1.82, 2.24) is 4.98 Å². The summed E-state index contributed by atoms with van der Waals surface area (Å²) in [6, 6.07) is 9.46. The van der Waals surface area contributed by atoms with Crippen LogP contribution < -0.4 is 5.32 Å². The summed E-state index contributed by atoms with van der Waals surface area (Å²) in [6.45, 7) is 2.05. The topological polar surface area (TPSA) is 45.1 Å². The van der Waals surface area contributed by atoms with E-state index in [-0.39, 0.29) is 12.6 Å². The highest BCUT2D eigenvalue weighted by molar-refractivity contribution is 6.33. The van der Waals surface area contributed by atoms with Crippen molar-refractivity contribution in [3.05, 3.63) is 58.9 Å². The molecular weight excluding hydrogens is 248 g/mol. The second-order valence-corrected chi connectivity index (χ2v) is 4.53. The Morgan fingerprint density at radius 1 is 1.39 bits per heavy atom. The van der Waals surface area contributed by atoms with Gasteiger partial charge in [0.15, 0.2) is 0 Å². The van der Waals surface area contributed by atoms with E-state index in [4.69, 9.17) is 16.7 Å². The summed E-state index contributed by atoms with van der Waals surface area (Å²) in [5, 5.41) is 13.1. The Hall–Kier alpha value is -1.58. The highest BCUT2D eigenvalue weighted by atomic mass is 35.5. The molecule has 4 heteroatoms. The van der Waals surface area contributed by atoms with Crippen molar-refractivity contribution >= 4 is 17.3 Å². The molecule has 94 valence electrons. The van der Waals surface area contributed by atoms with Crippen LogP contribution in [0.15, 0.2) is 42.7 Å². The summed E-state index contributed by atoms with van der Waals surface area (Å²) in [7, 11) is 0. The average molecular weight is 263 g/mol. The number of hydrogen-bond acceptors (Lipinski definition) is 3. The van der Waals surface area contributed by atoms with Crippen molar-refractivity contribution in [2.24, 2.45) is 0 Å². The number of aliphatic hydroxyl groups is 1. The summed E-state index contributed by atoms with van der Waals surface area (Å²) in [5.41, 5.74) is 2.74. The van der Waals surface area contributed by atoms with Crippen molar-refractivity contribution < 1.29 is 5.11 Å². The predicted octanol–water partition coefficient (Wildman–Crippen LogP) is 3.40. The molecule has 1 heterocycles. The molecule has 0 saturated heterocycles. The van der Waals surface area contributed by atoms with Gasteiger partial charge in [0.1, 0.15) is 0 Å². The average Bonchev–Trinajstić information content (AvgIpc) is 2.42. The Bertz CT molecular complexity index is 516. The maximum absolute atomic E-state index is 9.12. The molecule has 2 aromatic rings. The van der Waals surface area contributed by atoms with Crippen LogP contribution in [0, 0.1) is 0 Å². The van der Waals surface area contributed by atoms with Crippen LogP contribution in [-0.2, 0) is 6.61 Å². The number of nitrogens with zero attached hydrogens (tertiary/aromatic N) is 1. The van der Waals surface area contributed by atoms with Gasteiger partial charge in [-0.3, -0.25) is 4.98 Å². The van der Waals surface area contributed by atoms with Gasteiger partial charge in [-0.15, -0.1) is 0 Å². The number of benzene rings is 1. The fourth-order valence-electron chi connectivity index (χ4n) is 1.73. The molecule has 0 radical (unpaired) electrons. The van der Waals surface area contributed by atoms with Crippen molar-refractivity contribution in [3.63, 3.8) is 0 Å². The zero-order valence-electron chi connectivity index (χ0n) is 10.1. The minimum atomic E-state index is 0.00707. The van der Waals surface area contributed by atoms with Crippen molar-refractivity contribution in [2.75, 3.05) is 5.32 Å². The van der Waals surface area contributed by atoms with Crippen LogP contribution >= 0.6 is 11.6 Å². The van der Waals surface area contributed by atoms with Crippen LogP contribution in [0.2, 0.25) is 5.02 Å². The smallest absolute Gasteiger partial charge is 0.0682 e. The van der Waals surface area contributed by atoms with Gasteiger partial charge in [0.2, 0.25) is 0 Å². The van der Waals surface area contributed by atoms with Gasteiger partial charge in [-0.05, 0) is 36.2 Å². The Balaban J connectivity index is 2.18. The fraction of sp³-hybridized carbons (Fsp3) is 0.214. The van der Waals surface area contributed by atoms with Gasteiger partial charge >= 0.3 is 0 Å². The van der Waals surface area contributed by atoms with E-state index >= 15 is 0 Å². The molecule has 0 amide bonds. The first-order chi connectivity index (χ1) is 8.70. The van der Waals surface area contributed by atoms with Crippen molar-refractivity contribution in [2.45, 2.75) is 19.6 Å². The number of rotatable bonds is 4. The number of anilines is 1. The molecule has 0 fully saturated rings. The molecule has 0 aliphatic carbocycles. The minimum absolute atomic E-state index is 0.00707. The summed E-state index contributed by atoms with van der Waals surface area (Å²) in [4.78, 5) is 4.09. The van der Waals surface area contributed by atoms with Crippen LogP contribution in [0.5, 0.6) is 0 Å². The number of nitrogens with one attached hydrogen (secondary N) is 1. The molecule has 3 nitrogen and oxygen atoms in total. The van der Waals surface area contributed by atoms with E-state index in [2.05, 4.69) is 10.3 Å². The van der Waals surface area contributed by atoms with Gasteiger partial charge in [-0.2, -0.15) is 0 Å². The zero-order valence-corrected chi connectivity index (χ0v) is 10.9. The monoisotopic (exact) mass is 262 g/mol. The first-order valence-electron chi connectivity index (χ1n) is 5.76. The molecule has 0 spiro atoms. The molecule has 1 atom stereocenters. The number of halogens is 1. The number of aromatic nitrogens is 1. The Kier molecular flexibility index (Phi) is 4.18. The predicted molar refractivity (Wildman–Crippen MR) is 73.6 cm³/mol. The SMILES string of the molecule is CC(Nc1cc(CO)ccc1Cl)c1cccnc1. The second-order valence-electron chi connectivity index (χ2n) is 4.12. The maximum atomic E-state index is 9.12. The summed E-state index contributed by atoms with van der Waals surface area (Å²) in [6.07, 6.45) is 3.57. The molecule has 0 aliphatic rings. The largest absolute Gasteiger partial charge is 0.392 e. The zero-order chi connectivity index (χ0) is 13.0. The standard InChI is InChI=1S/C14H15ClN2O/c1-10(12-3-2-6-16-8-12)17-14-7-11(9-18)4-5-13(14)15/h2-8,10,17-18H,9H2,1H3. The van der Waals surface area contributed by atoms with Crippen LogP contribution in [0.3, 0.4) is 0 Å². The first kappa shape index (κ1) is 12.9. The Morgan fingerprint density at radius 2 is 2.22 bits per heavy atom. The number of hydrogen-bond donors (Lipinski definition) is 2. The van der Waals surface area contributed by atoms with E-state index < -0.39 is 0 Å². The van der Waals surface area contributed by atoms with E-state index in [1.165, 1.54) is 0 Å². The molecule has 1 aromatic carbocycles. The molecular formula is C14H15ClN2O. The van der Waals surface area contributed by atoms with Crippen LogP contribution in [0.4, 0.5) is 5.69 Å². The second kappa shape index (κ2) is 5.85. The molecule has 2 rings (SSSR count). The maximum Gasteiger partial charge on any atom is 0.0682 e. The highest BCUT2D eigenvalue weighted by Gasteiger charge is 2.08. The summed E-state index contributed by atoms with van der Waals surface area (Å²) in [5.74, 6) is 0. The van der Waals surface area contributed by atoms with Crippen molar-refractivity contribution in [1.29, 1.82) is 0 Å². The van der Waals surface area contributed by atoms with E-state index in [1.807, 2.05) is 37.4 Å². The minimum Gasteiger partial charge on any atom is -0.392 e.